The average Bonchev–Trinajstić information content (AvgIpc) is 3.06. The summed E-state index contributed by atoms with van der Waals surface area (Å²) in [6.07, 6.45) is 6.46. The van der Waals surface area contributed by atoms with E-state index in [1.165, 1.54) is 11.1 Å². The van der Waals surface area contributed by atoms with Crippen LogP contribution in [0.25, 0.3) is 5.65 Å². The van der Waals surface area contributed by atoms with Gasteiger partial charge in [-0.15, -0.1) is 0 Å². The molecule has 26 heavy (non-hydrogen) atoms. The summed E-state index contributed by atoms with van der Waals surface area (Å²) in [7, 11) is 0. The Morgan fingerprint density at radius 1 is 1.15 bits per heavy atom. The van der Waals surface area contributed by atoms with Crippen molar-refractivity contribution >= 4 is 11.6 Å². The number of nitrogens with one attached hydrogen (secondary N) is 1. The van der Waals surface area contributed by atoms with Crippen LogP contribution < -0.4 is 5.32 Å². The lowest BCUT2D eigenvalue weighted by molar-refractivity contribution is -0.121. The summed E-state index contributed by atoms with van der Waals surface area (Å²) >= 11 is 0. The molecule has 0 aliphatic heterocycles. The third-order valence-corrected chi connectivity index (χ3v) is 4.92. The number of hydrogen-bond acceptors (Lipinski definition) is 2. The first-order chi connectivity index (χ1) is 12.6. The number of carbonyl (C=O) groups is 1. The van der Waals surface area contributed by atoms with Gasteiger partial charge in [-0.1, -0.05) is 43.7 Å². The van der Waals surface area contributed by atoms with Gasteiger partial charge in [0.1, 0.15) is 5.65 Å². The van der Waals surface area contributed by atoms with Crippen LogP contribution in [0, 0.1) is 13.8 Å². The van der Waals surface area contributed by atoms with E-state index in [2.05, 4.69) is 53.7 Å². The molecule has 4 heteroatoms. The Morgan fingerprint density at radius 3 is 2.69 bits per heavy atom. The maximum Gasteiger partial charge on any atom is 0.221 e. The minimum atomic E-state index is -0.0189. The van der Waals surface area contributed by atoms with Gasteiger partial charge in [0.15, 0.2) is 0 Å². The van der Waals surface area contributed by atoms with Gasteiger partial charge < -0.3 is 9.72 Å². The van der Waals surface area contributed by atoms with Crippen LogP contribution in [0.4, 0.5) is 0 Å². The summed E-state index contributed by atoms with van der Waals surface area (Å²) in [5.41, 5.74) is 5.52. The maximum absolute atomic E-state index is 12.6. The molecule has 1 amide bonds. The largest absolute Gasteiger partial charge is 0.356 e. The van der Waals surface area contributed by atoms with Gasteiger partial charge in [-0.2, -0.15) is 0 Å². The summed E-state index contributed by atoms with van der Waals surface area (Å²) in [6, 6.07) is 12.4. The molecule has 0 aliphatic carbocycles. The highest BCUT2D eigenvalue weighted by Gasteiger charge is 2.23. The first-order valence-electron chi connectivity index (χ1n) is 9.36. The zero-order valence-corrected chi connectivity index (χ0v) is 15.8. The number of unbranched alkanes of at least 4 members (excludes halogenated alkanes) is 1. The number of imidazole rings is 1. The molecule has 4 nitrogen and oxygen atoms in total. The molecule has 1 unspecified atom stereocenters. The first kappa shape index (κ1) is 18.2. The zero-order chi connectivity index (χ0) is 18.5. The number of hydrogen-bond donors (Lipinski definition) is 1. The minimum Gasteiger partial charge on any atom is -0.356 e. The Morgan fingerprint density at radius 2 is 1.92 bits per heavy atom. The van der Waals surface area contributed by atoms with E-state index in [4.69, 9.17) is 0 Å². The zero-order valence-electron chi connectivity index (χ0n) is 15.8. The number of benzene rings is 1. The van der Waals surface area contributed by atoms with Crippen molar-refractivity contribution in [2.24, 2.45) is 0 Å². The molecule has 2 aromatic heterocycles. The quantitative estimate of drug-likeness (QED) is 0.643. The number of carbonyl (C=O) groups excluding carboxylic acids is 1. The van der Waals surface area contributed by atoms with Crippen molar-refractivity contribution in [2.75, 3.05) is 6.54 Å². The van der Waals surface area contributed by atoms with Crippen molar-refractivity contribution in [3.8, 4) is 0 Å². The molecule has 0 saturated carbocycles. The third-order valence-electron chi connectivity index (χ3n) is 4.92. The summed E-state index contributed by atoms with van der Waals surface area (Å²) in [6.45, 7) is 7.03. The van der Waals surface area contributed by atoms with Crippen molar-refractivity contribution in [3.63, 3.8) is 0 Å². The monoisotopic (exact) mass is 349 g/mol. The summed E-state index contributed by atoms with van der Waals surface area (Å²) in [5, 5.41) is 3.06. The highest BCUT2D eigenvalue weighted by atomic mass is 16.1. The van der Waals surface area contributed by atoms with Crippen LogP contribution in [0.5, 0.6) is 0 Å². The van der Waals surface area contributed by atoms with E-state index < -0.39 is 0 Å². The number of fused-ring (bicyclic) bond motifs is 1. The molecule has 1 N–H and O–H groups in total. The molecule has 136 valence electrons. The fraction of sp³-hybridized carbons (Fsp3) is 0.364. The third kappa shape index (κ3) is 3.79. The van der Waals surface area contributed by atoms with E-state index in [-0.39, 0.29) is 11.8 Å². The molecular formula is C22H27N3O. The average molecular weight is 349 g/mol. The second kappa shape index (κ2) is 8.17. The van der Waals surface area contributed by atoms with Crippen LogP contribution in [0.1, 0.15) is 54.5 Å². The topological polar surface area (TPSA) is 46.4 Å². The molecular weight excluding hydrogens is 322 g/mol. The van der Waals surface area contributed by atoms with Gasteiger partial charge in [-0.3, -0.25) is 4.79 Å². The van der Waals surface area contributed by atoms with Gasteiger partial charge in [-0.25, -0.2) is 4.98 Å². The van der Waals surface area contributed by atoms with Gasteiger partial charge in [0.25, 0.3) is 0 Å². The lowest BCUT2D eigenvalue weighted by Gasteiger charge is -2.19. The number of aryl methyl sites for hydroxylation is 2. The fourth-order valence-electron chi connectivity index (χ4n) is 3.44. The van der Waals surface area contributed by atoms with Crippen LogP contribution in [0.15, 0.2) is 48.8 Å². The smallest absolute Gasteiger partial charge is 0.221 e. The Balaban J connectivity index is 1.99. The molecule has 2 heterocycles. The van der Waals surface area contributed by atoms with Crippen LogP contribution in [0.2, 0.25) is 0 Å². The Labute approximate surface area is 155 Å². The van der Waals surface area contributed by atoms with Gasteiger partial charge in [-0.05, 0) is 43.0 Å². The maximum atomic E-state index is 12.6. The van der Waals surface area contributed by atoms with Crippen molar-refractivity contribution < 1.29 is 4.79 Å². The number of pyridine rings is 1. The van der Waals surface area contributed by atoms with Gasteiger partial charge >= 0.3 is 0 Å². The number of aromatic nitrogens is 2. The van der Waals surface area contributed by atoms with E-state index >= 15 is 0 Å². The normalized spacial score (nSPS) is 12.3. The second-order valence-electron chi connectivity index (χ2n) is 6.88. The van der Waals surface area contributed by atoms with Crippen molar-refractivity contribution in [2.45, 2.75) is 46.0 Å². The Kier molecular flexibility index (Phi) is 5.71. The predicted octanol–water partition coefficient (Wildman–Crippen LogP) is 4.39. The molecule has 3 rings (SSSR count). The predicted molar refractivity (Wildman–Crippen MR) is 105 cm³/mol. The number of nitrogens with zero attached hydrogens (tertiary/aromatic N) is 2. The Hall–Kier alpha value is -2.62. The minimum absolute atomic E-state index is 0.0189. The molecule has 0 bridgehead atoms. The summed E-state index contributed by atoms with van der Waals surface area (Å²) in [5.74, 6) is 0.0731. The second-order valence-corrected chi connectivity index (χ2v) is 6.88. The number of rotatable bonds is 7. The summed E-state index contributed by atoms with van der Waals surface area (Å²) < 4.78 is 2.12. The van der Waals surface area contributed by atoms with Crippen LogP contribution >= 0.6 is 0 Å². The molecule has 0 spiro atoms. The fourth-order valence-corrected chi connectivity index (χ4v) is 3.44. The first-order valence-corrected chi connectivity index (χ1v) is 9.36. The van der Waals surface area contributed by atoms with E-state index in [0.29, 0.717) is 6.42 Å². The van der Waals surface area contributed by atoms with Crippen LogP contribution in [0.3, 0.4) is 0 Å². The molecule has 0 saturated heterocycles. The molecule has 3 aromatic rings. The lowest BCUT2D eigenvalue weighted by Crippen LogP contribution is -2.26. The lowest BCUT2D eigenvalue weighted by atomic mass is 9.89. The van der Waals surface area contributed by atoms with Gasteiger partial charge in [0, 0.05) is 31.3 Å². The highest BCUT2D eigenvalue weighted by Crippen LogP contribution is 2.31. The molecule has 0 fully saturated rings. The highest BCUT2D eigenvalue weighted by molar-refractivity contribution is 5.77. The van der Waals surface area contributed by atoms with Crippen molar-refractivity contribution in [1.82, 2.24) is 14.7 Å². The van der Waals surface area contributed by atoms with E-state index in [9.17, 15) is 4.79 Å². The molecule has 0 aliphatic rings. The number of amides is 1. The van der Waals surface area contributed by atoms with Crippen LogP contribution in [-0.2, 0) is 4.79 Å². The van der Waals surface area contributed by atoms with Crippen molar-refractivity contribution in [1.29, 1.82) is 0 Å². The SMILES string of the molecule is CCCCNC(=O)CC(c1ccccc1C)c1cnc2c(C)cccn12. The standard InChI is InChI=1S/C22H27N3O/c1-4-5-12-23-21(26)14-19(18-11-7-6-9-16(18)2)20-15-24-22-17(3)10-8-13-25(20)22/h6-11,13,15,19H,4-5,12,14H2,1-3H3,(H,23,26). The van der Waals surface area contributed by atoms with Crippen molar-refractivity contribution in [3.05, 3.63) is 71.2 Å². The Bertz CT molecular complexity index is 897. The molecule has 1 aromatic carbocycles. The van der Waals surface area contributed by atoms with E-state index in [1.807, 2.05) is 30.6 Å². The van der Waals surface area contributed by atoms with Crippen LogP contribution in [-0.4, -0.2) is 21.8 Å². The van der Waals surface area contributed by atoms with Gasteiger partial charge in [0.05, 0.1) is 5.69 Å². The van der Waals surface area contributed by atoms with E-state index in [1.54, 1.807) is 0 Å². The summed E-state index contributed by atoms with van der Waals surface area (Å²) in [4.78, 5) is 17.2. The molecule has 1 atom stereocenters. The van der Waals surface area contributed by atoms with E-state index in [0.717, 1.165) is 36.3 Å². The van der Waals surface area contributed by atoms with Gasteiger partial charge in [0.2, 0.25) is 5.91 Å². The molecule has 0 radical (unpaired) electrons.